The Morgan fingerprint density at radius 3 is 2.43 bits per heavy atom. The third-order valence-corrected chi connectivity index (χ3v) is 3.27. The van der Waals surface area contributed by atoms with E-state index in [-0.39, 0.29) is 11.8 Å². The van der Waals surface area contributed by atoms with E-state index in [9.17, 15) is 9.59 Å². The summed E-state index contributed by atoms with van der Waals surface area (Å²) in [6.07, 6.45) is 3.35. The number of hydrogen-bond acceptors (Lipinski definition) is 4. The maximum absolute atomic E-state index is 12.2. The van der Waals surface area contributed by atoms with Gasteiger partial charge in [-0.05, 0) is 45.0 Å². The molecule has 0 radical (unpaired) electrons. The Hall–Kier alpha value is -2.67. The lowest BCUT2D eigenvalue weighted by Gasteiger charge is -2.18. The highest BCUT2D eigenvalue weighted by atomic mass is 16.2. The lowest BCUT2D eigenvalue weighted by Crippen LogP contribution is -2.45. The fraction of sp³-hybridized carbons (Fsp3) is 0.312. The zero-order valence-electron chi connectivity index (χ0n) is 13.4. The third kappa shape index (κ3) is 4.40. The second-order valence-corrected chi connectivity index (χ2v) is 5.91. The van der Waals surface area contributed by atoms with E-state index >= 15 is 0 Å². The minimum atomic E-state index is -0.978. The summed E-state index contributed by atoms with van der Waals surface area (Å²) in [6, 6.07) is 8.22. The number of nitrogens with one attached hydrogen (secondary N) is 2. The van der Waals surface area contributed by atoms with Crippen LogP contribution in [-0.4, -0.2) is 27.1 Å². The lowest BCUT2D eigenvalue weighted by atomic mass is 10.1. The van der Waals surface area contributed by atoms with Crippen LogP contribution in [-0.2, 0) is 9.59 Å². The van der Waals surface area contributed by atoms with Gasteiger partial charge in [0.1, 0.15) is 6.04 Å². The second kappa shape index (κ2) is 6.62. The van der Waals surface area contributed by atoms with Crippen molar-refractivity contribution in [2.45, 2.75) is 32.4 Å². The van der Waals surface area contributed by atoms with Crippen molar-refractivity contribution in [1.29, 1.82) is 0 Å². The summed E-state index contributed by atoms with van der Waals surface area (Å²) in [6.45, 7) is 5.00. The lowest BCUT2D eigenvalue weighted by molar-refractivity contribution is -0.120. The van der Waals surface area contributed by atoms with Gasteiger partial charge in [0.25, 0.3) is 0 Å². The maximum Gasteiger partial charge on any atom is 0.248 e. The van der Waals surface area contributed by atoms with Gasteiger partial charge >= 0.3 is 0 Å². The van der Waals surface area contributed by atoms with Crippen LogP contribution in [0.15, 0.2) is 42.7 Å². The molecule has 23 heavy (non-hydrogen) atoms. The fourth-order valence-electron chi connectivity index (χ4n) is 1.84. The van der Waals surface area contributed by atoms with Crippen LogP contribution in [0.3, 0.4) is 0 Å². The van der Waals surface area contributed by atoms with Gasteiger partial charge in [-0.25, -0.2) is 0 Å². The van der Waals surface area contributed by atoms with Crippen molar-refractivity contribution in [1.82, 2.24) is 9.78 Å². The Labute approximate surface area is 134 Å². The molecule has 0 aliphatic rings. The number of rotatable bonds is 5. The molecule has 1 aromatic carbocycles. The molecule has 4 N–H and O–H groups in total. The summed E-state index contributed by atoms with van der Waals surface area (Å²) in [7, 11) is 0. The molecular formula is C16H21N5O2. The van der Waals surface area contributed by atoms with E-state index in [1.54, 1.807) is 68.2 Å². The van der Waals surface area contributed by atoms with Crippen LogP contribution in [0, 0.1) is 0 Å². The van der Waals surface area contributed by atoms with Gasteiger partial charge in [-0.15, -0.1) is 0 Å². The summed E-state index contributed by atoms with van der Waals surface area (Å²) in [5, 5.41) is 9.57. The minimum absolute atomic E-state index is 0.198. The van der Waals surface area contributed by atoms with Crippen molar-refractivity contribution in [2.75, 3.05) is 10.6 Å². The van der Waals surface area contributed by atoms with Crippen LogP contribution in [0.4, 0.5) is 11.4 Å². The van der Waals surface area contributed by atoms with E-state index in [2.05, 4.69) is 15.7 Å². The van der Waals surface area contributed by atoms with Crippen LogP contribution in [0.5, 0.6) is 0 Å². The molecule has 1 unspecified atom stereocenters. The number of nitrogens with two attached hydrogens (primary N) is 1. The standard InChI is InChI=1S/C16H21N5O2/c1-11(21-9-5-8-18-21)14(22)19-12-6-4-7-13(10-12)20-15(23)16(2,3)17/h4-11H,17H2,1-3H3,(H,19,22)(H,20,23). The van der Waals surface area contributed by atoms with Crippen LogP contribution in [0.25, 0.3) is 0 Å². The summed E-state index contributed by atoms with van der Waals surface area (Å²) >= 11 is 0. The van der Waals surface area contributed by atoms with Gasteiger partial charge in [0.2, 0.25) is 11.8 Å². The predicted molar refractivity (Wildman–Crippen MR) is 88.9 cm³/mol. The van der Waals surface area contributed by atoms with E-state index in [1.807, 2.05) is 0 Å². The Balaban J connectivity index is 2.05. The van der Waals surface area contributed by atoms with E-state index in [0.29, 0.717) is 11.4 Å². The molecule has 1 aromatic heterocycles. The van der Waals surface area contributed by atoms with E-state index < -0.39 is 11.6 Å². The van der Waals surface area contributed by atoms with Crippen molar-refractivity contribution >= 4 is 23.2 Å². The molecule has 2 rings (SSSR count). The highest BCUT2D eigenvalue weighted by molar-refractivity contribution is 5.98. The SMILES string of the molecule is CC(C(=O)Nc1cccc(NC(=O)C(C)(C)N)c1)n1cccn1. The van der Waals surface area contributed by atoms with E-state index in [1.165, 1.54) is 0 Å². The van der Waals surface area contributed by atoms with Crippen molar-refractivity contribution in [3.8, 4) is 0 Å². The first-order valence-corrected chi connectivity index (χ1v) is 7.28. The molecule has 7 heteroatoms. The molecule has 0 bridgehead atoms. The van der Waals surface area contributed by atoms with E-state index in [4.69, 9.17) is 5.73 Å². The number of aromatic nitrogens is 2. The molecule has 0 spiro atoms. The van der Waals surface area contributed by atoms with Crippen molar-refractivity contribution in [2.24, 2.45) is 5.73 Å². The number of carbonyl (C=O) groups excluding carboxylic acids is 2. The molecular weight excluding hydrogens is 294 g/mol. The minimum Gasteiger partial charge on any atom is -0.324 e. The van der Waals surface area contributed by atoms with Gasteiger partial charge in [0.05, 0.1) is 5.54 Å². The van der Waals surface area contributed by atoms with Gasteiger partial charge in [0.15, 0.2) is 0 Å². The monoisotopic (exact) mass is 315 g/mol. The first kappa shape index (κ1) is 16.7. The number of hydrogen-bond donors (Lipinski definition) is 3. The topological polar surface area (TPSA) is 102 Å². The average molecular weight is 315 g/mol. The number of amides is 2. The molecule has 0 aliphatic heterocycles. The Bertz CT molecular complexity index is 689. The van der Waals surface area contributed by atoms with Gasteiger partial charge in [-0.1, -0.05) is 6.07 Å². The highest BCUT2D eigenvalue weighted by Gasteiger charge is 2.22. The quantitative estimate of drug-likeness (QED) is 0.782. The van der Waals surface area contributed by atoms with Crippen LogP contribution in [0.2, 0.25) is 0 Å². The molecule has 7 nitrogen and oxygen atoms in total. The molecule has 0 saturated carbocycles. The van der Waals surface area contributed by atoms with Crippen LogP contribution < -0.4 is 16.4 Å². The zero-order valence-corrected chi connectivity index (χ0v) is 13.4. The fourth-order valence-corrected chi connectivity index (χ4v) is 1.84. The largest absolute Gasteiger partial charge is 0.324 e. The highest BCUT2D eigenvalue weighted by Crippen LogP contribution is 2.17. The summed E-state index contributed by atoms with van der Waals surface area (Å²) in [5.74, 6) is -0.498. The first-order valence-electron chi connectivity index (χ1n) is 7.28. The Kier molecular flexibility index (Phi) is 4.80. The molecule has 122 valence electrons. The molecule has 2 aromatic rings. The number of benzene rings is 1. The number of carbonyl (C=O) groups is 2. The molecule has 1 heterocycles. The smallest absolute Gasteiger partial charge is 0.248 e. The van der Waals surface area contributed by atoms with Gasteiger partial charge in [0, 0.05) is 23.8 Å². The molecule has 0 saturated heterocycles. The van der Waals surface area contributed by atoms with Gasteiger partial charge < -0.3 is 16.4 Å². The summed E-state index contributed by atoms with van der Waals surface area (Å²) < 4.78 is 1.57. The number of anilines is 2. The van der Waals surface area contributed by atoms with Crippen molar-refractivity contribution in [3.05, 3.63) is 42.7 Å². The van der Waals surface area contributed by atoms with E-state index in [0.717, 1.165) is 0 Å². The normalized spacial score (nSPS) is 12.5. The number of nitrogens with zero attached hydrogens (tertiary/aromatic N) is 2. The molecule has 1 atom stereocenters. The van der Waals surface area contributed by atoms with Crippen molar-refractivity contribution in [3.63, 3.8) is 0 Å². The zero-order chi connectivity index (χ0) is 17.0. The third-order valence-electron chi connectivity index (χ3n) is 3.27. The van der Waals surface area contributed by atoms with Gasteiger partial charge in [-0.2, -0.15) is 5.10 Å². The first-order chi connectivity index (χ1) is 10.8. The Morgan fingerprint density at radius 2 is 1.87 bits per heavy atom. The van der Waals surface area contributed by atoms with Crippen molar-refractivity contribution < 1.29 is 9.59 Å². The maximum atomic E-state index is 12.2. The summed E-state index contributed by atoms with van der Waals surface area (Å²) in [5.41, 5.74) is 5.92. The molecule has 0 fully saturated rings. The van der Waals surface area contributed by atoms with Crippen LogP contribution >= 0.6 is 0 Å². The van der Waals surface area contributed by atoms with Crippen LogP contribution in [0.1, 0.15) is 26.8 Å². The van der Waals surface area contributed by atoms with Gasteiger partial charge in [-0.3, -0.25) is 14.3 Å². The predicted octanol–water partition coefficient (Wildman–Crippen LogP) is 1.76. The Morgan fingerprint density at radius 1 is 1.22 bits per heavy atom. The summed E-state index contributed by atoms with van der Waals surface area (Å²) in [4.78, 5) is 24.1. The second-order valence-electron chi connectivity index (χ2n) is 5.91. The molecule has 0 aliphatic carbocycles. The molecule has 2 amide bonds. The average Bonchev–Trinajstić information content (AvgIpc) is 2.99.